The minimum absolute atomic E-state index is 0.284. The maximum absolute atomic E-state index is 12.7. The van der Waals surface area contributed by atoms with Crippen LogP contribution >= 0.6 is 11.3 Å². The Morgan fingerprint density at radius 3 is 2.49 bits per heavy atom. The van der Waals surface area contributed by atoms with Crippen molar-refractivity contribution in [3.8, 4) is 28.5 Å². The van der Waals surface area contributed by atoms with Gasteiger partial charge in [0.25, 0.3) is 0 Å². The number of ether oxygens (including phenoxy) is 1. The van der Waals surface area contributed by atoms with Gasteiger partial charge in [0, 0.05) is 23.2 Å². The Bertz CT molecular complexity index is 1720. The highest BCUT2D eigenvalue weighted by Gasteiger charge is 2.31. The van der Waals surface area contributed by atoms with E-state index < -0.39 is 12.4 Å². The topological polar surface area (TPSA) is 86.3 Å². The fraction of sp³-hybridized carbons (Fsp3) is 0.172. The molecule has 0 saturated carbocycles. The summed E-state index contributed by atoms with van der Waals surface area (Å²) in [5, 5.41) is 9.23. The van der Waals surface area contributed by atoms with Crippen LogP contribution in [0.15, 0.2) is 89.5 Å². The van der Waals surface area contributed by atoms with Crippen LogP contribution in [0.4, 0.5) is 18.0 Å². The number of hydrogen-bond donors (Lipinski definition) is 1. The van der Waals surface area contributed by atoms with Gasteiger partial charge in [-0.3, -0.25) is 4.57 Å². The lowest BCUT2D eigenvalue weighted by atomic mass is 10.1. The number of hydrogen-bond acceptors (Lipinski definition) is 5. The number of rotatable bonds is 7. The Balaban J connectivity index is 1.23. The van der Waals surface area contributed by atoms with E-state index in [2.05, 4.69) is 38.1 Å². The standard InChI is InChI=1S/C29H25F3N6O2S/c1-3-21-6-4-5-7-25(21)38-19(2)17-41-28(38)35-27(39)33-16-20-8-10-22(11-9-20)26-34-18-37(36-26)23-12-14-24(15-13-23)40-29(30,31)32/h4-15,17-18H,3,16H2,1-2H3,(H,33,39)/b35-28-. The molecule has 0 unspecified atom stereocenters. The van der Waals surface area contributed by atoms with Crippen LogP contribution in [0.3, 0.4) is 0 Å². The lowest BCUT2D eigenvalue weighted by Gasteiger charge is -2.11. The number of benzene rings is 3. The van der Waals surface area contributed by atoms with Gasteiger partial charge in [-0.1, -0.05) is 49.4 Å². The summed E-state index contributed by atoms with van der Waals surface area (Å²) >= 11 is 1.41. The number of amides is 2. The van der Waals surface area contributed by atoms with Crippen molar-refractivity contribution >= 4 is 17.4 Å². The highest BCUT2D eigenvalue weighted by atomic mass is 32.1. The number of nitrogens with one attached hydrogen (secondary N) is 1. The van der Waals surface area contributed by atoms with Crippen LogP contribution in [0, 0.1) is 6.92 Å². The first-order valence-electron chi connectivity index (χ1n) is 12.7. The van der Waals surface area contributed by atoms with Crippen molar-refractivity contribution in [2.45, 2.75) is 33.2 Å². The molecule has 5 aromatic rings. The quantitative estimate of drug-likeness (QED) is 0.243. The lowest BCUT2D eigenvalue weighted by Crippen LogP contribution is -2.24. The van der Waals surface area contributed by atoms with Crippen molar-refractivity contribution < 1.29 is 22.7 Å². The second-order valence-electron chi connectivity index (χ2n) is 9.00. The highest BCUT2D eigenvalue weighted by molar-refractivity contribution is 7.07. The molecule has 8 nitrogen and oxygen atoms in total. The molecule has 2 heterocycles. The van der Waals surface area contributed by atoms with Crippen molar-refractivity contribution in [3.05, 3.63) is 106 Å². The first kappa shape index (κ1) is 27.8. The molecule has 1 N–H and O–H groups in total. The van der Waals surface area contributed by atoms with E-state index in [9.17, 15) is 18.0 Å². The molecule has 0 radical (unpaired) electrons. The number of aryl methyl sites for hydroxylation is 2. The molecule has 0 saturated heterocycles. The minimum atomic E-state index is -4.75. The Morgan fingerprint density at radius 1 is 1.05 bits per heavy atom. The van der Waals surface area contributed by atoms with Crippen molar-refractivity contribution in [2.24, 2.45) is 4.99 Å². The number of thiazole rings is 1. The van der Waals surface area contributed by atoms with Gasteiger partial charge in [-0.25, -0.2) is 14.5 Å². The average Bonchev–Trinajstić information content (AvgIpc) is 3.59. The normalized spacial score (nSPS) is 12.0. The van der Waals surface area contributed by atoms with Gasteiger partial charge in [0.15, 0.2) is 10.6 Å². The zero-order valence-electron chi connectivity index (χ0n) is 22.1. The lowest BCUT2D eigenvalue weighted by molar-refractivity contribution is -0.274. The second kappa shape index (κ2) is 11.8. The molecular formula is C29H25F3N6O2S. The number of carbonyl (C=O) groups is 1. The van der Waals surface area contributed by atoms with E-state index in [4.69, 9.17) is 0 Å². The third kappa shape index (κ3) is 6.72. The van der Waals surface area contributed by atoms with Crippen LogP contribution < -0.4 is 14.9 Å². The molecule has 0 aliphatic heterocycles. The largest absolute Gasteiger partial charge is 0.573 e. The number of aromatic nitrogens is 4. The Kier molecular flexibility index (Phi) is 8.02. The zero-order valence-corrected chi connectivity index (χ0v) is 22.9. The van der Waals surface area contributed by atoms with Crippen LogP contribution in [0.5, 0.6) is 5.75 Å². The number of nitrogens with zero attached hydrogens (tertiary/aromatic N) is 5. The van der Waals surface area contributed by atoms with Crippen LogP contribution in [0.2, 0.25) is 0 Å². The van der Waals surface area contributed by atoms with Gasteiger partial charge in [0.05, 0.1) is 11.4 Å². The van der Waals surface area contributed by atoms with Gasteiger partial charge in [-0.15, -0.1) is 29.6 Å². The number of halogens is 3. The summed E-state index contributed by atoms with van der Waals surface area (Å²) in [6.45, 7) is 4.37. The molecule has 2 amide bonds. The highest BCUT2D eigenvalue weighted by Crippen LogP contribution is 2.24. The molecule has 0 aliphatic rings. The molecule has 210 valence electrons. The van der Waals surface area contributed by atoms with Gasteiger partial charge >= 0.3 is 12.4 Å². The van der Waals surface area contributed by atoms with Gasteiger partial charge in [0.1, 0.15) is 12.1 Å². The van der Waals surface area contributed by atoms with Crippen molar-refractivity contribution in [1.82, 2.24) is 24.6 Å². The van der Waals surface area contributed by atoms with E-state index in [-0.39, 0.29) is 12.3 Å². The fourth-order valence-corrected chi connectivity index (χ4v) is 5.05. The Morgan fingerprint density at radius 2 is 1.78 bits per heavy atom. The summed E-state index contributed by atoms with van der Waals surface area (Å²) in [4.78, 5) is 21.9. The van der Waals surface area contributed by atoms with E-state index >= 15 is 0 Å². The molecule has 0 spiro atoms. The van der Waals surface area contributed by atoms with Crippen molar-refractivity contribution in [2.75, 3.05) is 0 Å². The smallest absolute Gasteiger partial charge is 0.406 e. The van der Waals surface area contributed by atoms with E-state index in [1.165, 1.54) is 52.2 Å². The molecule has 12 heteroatoms. The molecule has 41 heavy (non-hydrogen) atoms. The third-order valence-corrected chi connectivity index (χ3v) is 7.12. The maximum atomic E-state index is 12.7. The second-order valence-corrected chi connectivity index (χ2v) is 9.84. The molecule has 0 atom stereocenters. The first-order chi connectivity index (χ1) is 19.7. The van der Waals surface area contributed by atoms with E-state index in [0.717, 1.165) is 28.9 Å². The maximum Gasteiger partial charge on any atom is 0.573 e. The SMILES string of the molecule is CCc1ccccc1-n1c(C)cs/c1=N\C(=O)NCc1ccc(-c2ncn(-c3ccc(OC(F)(F)F)cc3)n2)cc1. The minimum Gasteiger partial charge on any atom is -0.406 e. The van der Waals surface area contributed by atoms with Crippen LogP contribution in [0.1, 0.15) is 23.7 Å². The molecule has 0 aliphatic carbocycles. The summed E-state index contributed by atoms with van der Waals surface area (Å²) in [5.74, 6) is 0.125. The Hall–Kier alpha value is -4.71. The Labute approximate surface area is 237 Å². The number of alkyl halides is 3. The van der Waals surface area contributed by atoms with Crippen LogP contribution in [-0.4, -0.2) is 31.7 Å². The number of para-hydroxylation sites is 1. The van der Waals surface area contributed by atoms with Gasteiger partial charge in [-0.2, -0.15) is 4.99 Å². The van der Waals surface area contributed by atoms with Crippen molar-refractivity contribution in [1.29, 1.82) is 0 Å². The van der Waals surface area contributed by atoms with Crippen molar-refractivity contribution in [3.63, 3.8) is 0 Å². The summed E-state index contributed by atoms with van der Waals surface area (Å²) in [5.41, 5.74) is 5.32. The summed E-state index contributed by atoms with van der Waals surface area (Å²) in [7, 11) is 0. The third-order valence-electron chi connectivity index (χ3n) is 6.17. The summed E-state index contributed by atoms with van der Waals surface area (Å²) in [6, 6.07) is 20.3. The number of urea groups is 1. The van der Waals surface area contributed by atoms with E-state index in [1.54, 1.807) is 0 Å². The molecule has 0 bridgehead atoms. The monoisotopic (exact) mass is 578 g/mol. The van der Waals surface area contributed by atoms with Crippen LogP contribution in [0.25, 0.3) is 22.8 Å². The van der Waals surface area contributed by atoms with Gasteiger partial charge in [-0.05, 0) is 54.8 Å². The zero-order chi connectivity index (χ0) is 29.0. The first-order valence-corrected chi connectivity index (χ1v) is 13.5. The predicted molar refractivity (Wildman–Crippen MR) is 149 cm³/mol. The number of carbonyl (C=O) groups excluding carboxylic acids is 1. The van der Waals surface area contributed by atoms with Gasteiger partial charge < -0.3 is 10.1 Å². The van der Waals surface area contributed by atoms with E-state index in [0.29, 0.717) is 16.3 Å². The molecule has 3 aromatic carbocycles. The molecular weight excluding hydrogens is 553 g/mol. The van der Waals surface area contributed by atoms with Gasteiger partial charge in [0.2, 0.25) is 0 Å². The molecule has 0 fully saturated rings. The predicted octanol–water partition coefficient (Wildman–Crippen LogP) is 6.37. The molecule has 5 rings (SSSR count). The van der Waals surface area contributed by atoms with Crippen LogP contribution in [-0.2, 0) is 13.0 Å². The molecule has 2 aromatic heterocycles. The average molecular weight is 579 g/mol. The van der Waals surface area contributed by atoms with E-state index in [1.807, 2.05) is 59.3 Å². The summed E-state index contributed by atoms with van der Waals surface area (Å²) in [6.07, 6.45) is -2.41. The summed E-state index contributed by atoms with van der Waals surface area (Å²) < 4.78 is 44.5. The fourth-order valence-electron chi connectivity index (χ4n) is 4.19.